The molecule has 1 aromatic carbocycles. The summed E-state index contributed by atoms with van der Waals surface area (Å²) in [7, 11) is 0. The van der Waals surface area contributed by atoms with Gasteiger partial charge < -0.3 is 5.11 Å². The molecule has 0 aliphatic carbocycles. The van der Waals surface area contributed by atoms with Gasteiger partial charge in [0.05, 0.1) is 12.1 Å². The van der Waals surface area contributed by atoms with E-state index in [-0.39, 0.29) is 6.42 Å². The second-order valence-corrected chi connectivity index (χ2v) is 6.17. The van der Waals surface area contributed by atoms with E-state index in [0.29, 0.717) is 12.2 Å². The Bertz CT molecular complexity index is 802. The predicted octanol–water partition coefficient (Wildman–Crippen LogP) is 3.09. The predicted molar refractivity (Wildman–Crippen MR) is 81.7 cm³/mol. The highest BCUT2D eigenvalue weighted by atomic mass is 32.1. The maximum absolute atomic E-state index is 10.6. The summed E-state index contributed by atoms with van der Waals surface area (Å²) in [5.41, 5.74) is 3.34. The van der Waals surface area contributed by atoms with Crippen molar-refractivity contribution in [2.75, 3.05) is 0 Å². The Morgan fingerprint density at radius 3 is 2.67 bits per heavy atom. The zero-order valence-corrected chi connectivity index (χ0v) is 12.6. The number of fused-ring (bicyclic) bond motifs is 1. The van der Waals surface area contributed by atoms with Gasteiger partial charge in [-0.15, -0.1) is 5.10 Å². The molecule has 21 heavy (non-hydrogen) atoms. The summed E-state index contributed by atoms with van der Waals surface area (Å²) in [4.78, 5) is 17.0. The van der Waals surface area contributed by atoms with Gasteiger partial charge in [0.25, 0.3) is 0 Å². The summed E-state index contributed by atoms with van der Waals surface area (Å²) in [5, 5.41) is 13.2. The topological polar surface area (TPSA) is 67.5 Å². The van der Waals surface area contributed by atoms with Crippen LogP contribution in [0.25, 0.3) is 16.2 Å². The average molecular weight is 301 g/mol. The molecule has 0 saturated heterocycles. The van der Waals surface area contributed by atoms with E-state index in [1.807, 2.05) is 11.4 Å². The van der Waals surface area contributed by atoms with Crippen LogP contribution in [0.2, 0.25) is 0 Å². The van der Waals surface area contributed by atoms with Crippen LogP contribution in [0.3, 0.4) is 0 Å². The van der Waals surface area contributed by atoms with Crippen molar-refractivity contribution >= 4 is 22.3 Å². The van der Waals surface area contributed by atoms with Gasteiger partial charge in [-0.3, -0.25) is 4.79 Å². The van der Waals surface area contributed by atoms with E-state index in [9.17, 15) is 4.79 Å². The fraction of sp³-hybridized carbons (Fsp3) is 0.267. The number of benzene rings is 1. The molecule has 2 heterocycles. The monoisotopic (exact) mass is 301 g/mol. The van der Waals surface area contributed by atoms with Gasteiger partial charge >= 0.3 is 5.97 Å². The number of hydrogen-bond donors (Lipinski definition) is 1. The summed E-state index contributed by atoms with van der Waals surface area (Å²) < 4.78 is 1.82. The molecule has 6 heteroatoms. The lowest BCUT2D eigenvalue weighted by molar-refractivity contribution is -0.137. The first-order valence-electron chi connectivity index (χ1n) is 6.68. The molecule has 0 unspecified atom stereocenters. The molecule has 0 atom stereocenters. The van der Waals surface area contributed by atoms with Gasteiger partial charge in [0.2, 0.25) is 4.96 Å². The van der Waals surface area contributed by atoms with Crippen molar-refractivity contribution < 1.29 is 9.90 Å². The molecule has 0 spiro atoms. The molecular weight excluding hydrogens is 286 g/mol. The van der Waals surface area contributed by atoms with Crippen LogP contribution in [-0.4, -0.2) is 25.7 Å². The summed E-state index contributed by atoms with van der Waals surface area (Å²) in [6.45, 7) is 4.10. The molecular formula is C15H15N3O2S. The molecule has 0 bridgehead atoms. The molecule has 2 aromatic heterocycles. The summed E-state index contributed by atoms with van der Waals surface area (Å²) in [6.07, 6.45) is 0.410. The van der Waals surface area contributed by atoms with Gasteiger partial charge in [0.1, 0.15) is 0 Å². The number of aromatic nitrogens is 3. The third kappa shape index (κ3) is 2.67. The summed E-state index contributed by atoms with van der Waals surface area (Å²) >= 11 is 1.57. The van der Waals surface area contributed by atoms with Gasteiger partial charge in [-0.1, -0.05) is 41.2 Å². The van der Waals surface area contributed by atoms with Crippen molar-refractivity contribution in [3.8, 4) is 11.3 Å². The van der Waals surface area contributed by atoms with Crippen molar-refractivity contribution in [3.63, 3.8) is 0 Å². The minimum atomic E-state index is -0.830. The highest BCUT2D eigenvalue weighted by Crippen LogP contribution is 2.30. The van der Waals surface area contributed by atoms with E-state index in [1.54, 1.807) is 11.3 Å². The van der Waals surface area contributed by atoms with Crippen LogP contribution >= 0.6 is 11.3 Å². The van der Waals surface area contributed by atoms with E-state index in [4.69, 9.17) is 5.11 Å². The molecule has 0 radical (unpaired) electrons. The Hall–Kier alpha value is -2.21. The second-order valence-electron chi connectivity index (χ2n) is 4.99. The Balaban J connectivity index is 2.03. The zero-order chi connectivity index (χ0) is 15.0. The number of carboxylic acids is 1. The van der Waals surface area contributed by atoms with Crippen LogP contribution in [0.1, 0.15) is 22.7 Å². The SMILES string of the molecule is Cc1ccc(-c2c(C)sc3nc(CCC(=O)O)nn23)cc1. The third-order valence-electron chi connectivity index (χ3n) is 3.30. The van der Waals surface area contributed by atoms with Crippen LogP contribution in [0, 0.1) is 13.8 Å². The van der Waals surface area contributed by atoms with Crippen molar-refractivity contribution in [1.82, 2.24) is 14.6 Å². The van der Waals surface area contributed by atoms with E-state index in [0.717, 1.165) is 21.1 Å². The fourth-order valence-corrected chi connectivity index (χ4v) is 3.19. The van der Waals surface area contributed by atoms with Crippen LogP contribution in [0.15, 0.2) is 24.3 Å². The van der Waals surface area contributed by atoms with Crippen molar-refractivity contribution in [2.45, 2.75) is 26.7 Å². The number of rotatable bonds is 4. The van der Waals surface area contributed by atoms with Crippen molar-refractivity contribution in [2.24, 2.45) is 0 Å². The highest BCUT2D eigenvalue weighted by Gasteiger charge is 2.15. The number of aliphatic carboxylic acids is 1. The van der Waals surface area contributed by atoms with Crippen molar-refractivity contribution in [1.29, 1.82) is 0 Å². The van der Waals surface area contributed by atoms with Crippen LogP contribution < -0.4 is 0 Å². The largest absolute Gasteiger partial charge is 0.481 e. The zero-order valence-electron chi connectivity index (χ0n) is 11.8. The van der Waals surface area contributed by atoms with E-state index >= 15 is 0 Å². The van der Waals surface area contributed by atoms with Crippen LogP contribution in [0.5, 0.6) is 0 Å². The molecule has 3 rings (SSSR count). The van der Waals surface area contributed by atoms with Gasteiger partial charge in [-0.25, -0.2) is 9.50 Å². The Kier molecular flexibility index (Phi) is 3.47. The second kappa shape index (κ2) is 5.29. The lowest BCUT2D eigenvalue weighted by Crippen LogP contribution is -1.99. The smallest absolute Gasteiger partial charge is 0.303 e. The minimum absolute atomic E-state index is 0.0523. The van der Waals surface area contributed by atoms with Gasteiger partial charge in [0.15, 0.2) is 5.82 Å². The maximum atomic E-state index is 10.6. The quantitative estimate of drug-likeness (QED) is 0.804. The lowest BCUT2D eigenvalue weighted by atomic mass is 10.1. The van der Waals surface area contributed by atoms with Crippen LogP contribution in [0.4, 0.5) is 0 Å². The Labute approximate surface area is 125 Å². The number of carboxylic acid groups (broad SMARTS) is 1. The van der Waals surface area contributed by atoms with E-state index in [2.05, 4.69) is 41.3 Å². The first-order valence-corrected chi connectivity index (χ1v) is 7.50. The third-order valence-corrected chi connectivity index (χ3v) is 4.24. The average Bonchev–Trinajstić information content (AvgIpc) is 2.94. The number of thiazole rings is 1. The molecule has 108 valence electrons. The first kappa shape index (κ1) is 13.8. The number of aryl methyl sites for hydroxylation is 3. The lowest BCUT2D eigenvalue weighted by Gasteiger charge is -2.01. The van der Waals surface area contributed by atoms with E-state index in [1.165, 1.54) is 5.56 Å². The van der Waals surface area contributed by atoms with Gasteiger partial charge in [-0.2, -0.15) is 0 Å². The Morgan fingerprint density at radius 2 is 2.00 bits per heavy atom. The van der Waals surface area contributed by atoms with Crippen LogP contribution in [-0.2, 0) is 11.2 Å². The molecule has 3 aromatic rings. The molecule has 0 fully saturated rings. The van der Waals surface area contributed by atoms with E-state index < -0.39 is 5.97 Å². The molecule has 0 amide bonds. The van der Waals surface area contributed by atoms with Gasteiger partial charge in [-0.05, 0) is 13.8 Å². The van der Waals surface area contributed by atoms with Crippen molar-refractivity contribution in [3.05, 3.63) is 40.5 Å². The standard InChI is InChI=1S/C15H15N3O2S/c1-9-3-5-11(6-4-9)14-10(2)21-15-16-12(17-18(14)15)7-8-13(19)20/h3-6H,7-8H2,1-2H3,(H,19,20). The molecule has 5 nitrogen and oxygen atoms in total. The number of carbonyl (C=O) groups is 1. The van der Waals surface area contributed by atoms with Gasteiger partial charge in [0, 0.05) is 16.9 Å². The molecule has 1 N–H and O–H groups in total. The normalized spacial score (nSPS) is 11.1. The highest BCUT2D eigenvalue weighted by molar-refractivity contribution is 7.17. The molecule has 0 saturated carbocycles. The first-order chi connectivity index (χ1) is 10.0. The molecule has 0 aliphatic heterocycles. The summed E-state index contributed by atoms with van der Waals surface area (Å²) in [6, 6.07) is 8.28. The minimum Gasteiger partial charge on any atom is -0.481 e. The maximum Gasteiger partial charge on any atom is 0.303 e. The Morgan fingerprint density at radius 1 is 1.29 bits per heavy atom. The summed E-state index contributed by atoms with van der Waals surface area (Å²) in [5.74, 6) is -0.250. The fourth-order valence-electron chi connectivity index (χ4n) is 2.25. The number of nitrogens with zero attached hydrogens (tertiary/aromatic N) is 3. The molecule has 0 aliphatic rings. The number of hydrogen-bond acceptors (Lipinski definition) is 4.